The average molecular weight is 298 g/mol. The number of nitrogens with one attached hydrogen (secondary N) is 1. The number of halogens is 5. The second-order valence-corrected chi connectivity index (χ2v) is 3.64. The van der Waals surface area contributed by atoms with Crippen LogP contribution in [0.15, 0.2) is 24.3 Å². The fraction of sp³-hybridized carbons (Fsp3) is 0.300. The van der Waals surface area contributed by atoms with Gasteiger partial charge in [0.1, 0.15) is 0 Å². The van der Waals surface area contributed by atoms with Crippen LogP contribution < -0.4 is 5.32 Å². The number of hydrogen-bond acceptors (Lipinski definition) is 3. The van der Waals surface area contributed by atoms with E-state index in [4.69, 9.17) is 0 Å². The summed E-state index contributed by atoms with van der Waals surface area (Å²) in [6.45, 7) is -0.818. The second-order valence-electron chi connectivity index (χ2n) is 3.64. The summed E-state index contributed by atoms with van der Waals surface area (Å²) in [6.07, 6.45) is -6.03. The van der Waals surface area contributed by atoms with Crippen molar-refractivity contribution in [2.75, 3.05) is 0 Å². The summed E-state index contributed by atoms with van der Waals surface area (Å²) in [4.78, 5) is 20.6. The van der Waals surface area contributed by atoms with Crippen molar-refractivity contribution in [2.24, 2.45) is 0 Å². The van der Waals surface area contributed by atoms with Crippen molar-refractivity contribution in [1.29, 1.82) is 0 Å². The number of carbonyl (C=O) groups excluding carboxylic acids is 1. The lowest BCUT2D eigenvalue weighted by molar-refractivity contribution is -0.385. The maximum Gasteiger partial charge on any atom is 0.463 e. The molecular formula is C10H7F5N2O3. The molecule has 10 heteroatoms. The molecule has 5 nitrogen and oxygen atoms in total. The van der Waals surface area contributed by atoms with Crippen LogP contribution in [0.4, 0.5) is 27.6 Å². The van der Waals surface area contributed by atoms with Gasteiger partial charge in [-0.05, 0) is 0 Å². The lowest BCUT2D eigenvalue weighted by Gasteiger charge is -2.18. The molecule has 0 saturated carbocycles. The molecule has 0 spiro atoms. The van der Waals surface area contributed by atoms with E-state index in [1.165, 1.54) is 17.4 Å². The molecule has 0 saturated heterocycles. The zero-order valence-corrected chi connectivity index (χ0v) is 9.58. The molecule has 1 N–H and O–H groups in total. The number of nitro benzene ring substituents is 1. The fourth-order valence-corrected chi connectivity index (χ4v) is 1.25. The smallest absolute Gasteiger partial charge is 0.346 e. The first-order valence-corrected chi connectivity index (χ1v) is 5.02. The molecule has 20 heavy (non-hydrogen) atoms. The van der Waals surface area contributed by atoms with Crippen LogP contribution in [0.3, 0.4) is 0 Å². The van der Waals surface area contributed by atoms with E-state index in [2.05, 4.69) is 0 Å². The van der Waals surface area contributed by atoms with Gasteiger partial charge in [0.05, 0.1) is 4.92 Å². The van der Waals surface area contributed by atoms with E-state index in [9.17, 15) is 36.9 Å². The van der Waals surface area contributed by atoms with E-state index >= 15 is 0 Å². The van der Waals surface area contributed by atoms with Gasteiger partial charge >= 0.3 is 18.0 Å². The van der Waals surface area contributed by atoms with Gasteiger partial charge in [0.2, 0.25) is 0 Å². The summed E-state index contributed by atoms with van der Waals surface area (Å²) in [7, 11) is 0. The molecule has 0 fully saturated rings. The molecule has 0 atom stereocenters. The molecule has 0 bridgehead atoms. The Morgan fingerprint density at radius 1 is 1.20 bits per heavy atom. The van der Waals surface area contributed by atoms with Gasteiger partial charge in [-0.2, -0.15) is 22.0 Å². The molecule has 0 aliphatic heterocycles. The van der Waals surface area contributed by atoms with Crippen molar-refractivity contribution in [3.8, 4) is 0 Å². The van der Waals surface area contributed by atoms with E-state index < -0.39 is 35.2 Å². The maximum absolute atomic E-state index is 12.6. The molecule has 1 aromatic rings. The highest BCUT2D eigenvalue weighted by atomic mass is 19.4. The van der Waals surface area contributed by atoms with E-state index in [-0.39, 0.29) is 5.56 Å². The van der Waals surface area contributed by atoms with E-state index in [0.717, 1.165) is 12.1 Å². The van der Waals surface area contributed by atoms with Gasteiger partial charge in [0.25, 0.3) is 5.69 Å². The van der Waals surface area contributed by atoms with Gasteiger partial charge < -0.3 is 5.32 Å². The summed E-state index contributed by atoms with van der Waals surface area (Å²) < 4.78 is 60.9. The molecule has 0 radical (unpaired) electrons. The summed E-state index contributed by atoms with van der Waals surface area (Å²) in [5, 5.41) is 11.9. The van der Waals surface area contributed by atoms with Crippen LogP contribution in [0, 0.1) is 10.1 Å². The maximum atomic E-state index is 12.6. The lowest BCUT2D eigenvalue weighted by Crippen LogP contribution is -2.50. The largest absolute Gasteiger partial charge is 0.463 e. The van der Waals surface area contributed by atoms with Gasteiger partial charge in [-0.15, -0.1) is 0 Å². The Morgan fingerprint density at radius 3 is 2.25 bits per heavy atom. The average Bonchev–Trinajstić information content (AvgIpc) is 2.34. The zero-order chi connectivity index (χ0) is 15.6. The Balaban J connectivity index is 2.84. The zero-order valence-electron chi connectivity index (χ0n) is 9.58. The van der Waals surface area contributed by atoms with E-state index in [1.807, 2.05) is 0 Å². The minimum absolute atomic E-state index is 0.191. The Hall–Kier alpha value is -2.26. The Bertz CT molecular complexity index is 530. The Labute approximate surface area is 108 Å². The highest BCUT2D eigenvalue weighted by Crippen LogP contribution is 2.35. The van der Waals surface area contributed by atoms with Crippen molar-refractivity contribution in [1.82, 2.24) is 5.32 Å². The quantitative estimate of drug-likeness (QED) is 0.527. The van der Waals surface area contributed by atoms with Crippen LogP contribution in [-0.4, -0.2) is 22.9 Å². The predicted molar refractivity (Wildman–Crippen MR) is 55.9 cm³/mol. The first-order chi connectivity index (χ1) is 9.07. The number of para-hydroxylation sites is 1. The third-order valence-corrected chi connectivity index (χ3v) is 2.27. The number of rotatable bonds is 4. The number of alkyl halides is 5. The van der Waals surface area contributed by atoms with Gasteiger partial charge in [0.15, 0.2) is 0 Å². The van der Waals surface area contributed by atoms with Crippen LogP contribution in [-0.2, 0) is 11.3 Å². The van der Waals surface area contributed by atoms with Crippen molar-refractivity contribution in [3.05, 3.63) is 39.9 Å². The third kappa shape index (κ3) is 3.19. The molecule has 0 aliphatic rings. The first kappa shape index (κ1) is 15.8. The van der Waals surface area contributed by atoms with Crippen LogP contribution in [0.25, 0.3) is 0 Å². The molecule has 0 unspecified atom stereocenters. The van der Waals surface area contributed by atoms with Crippen molar-refractivity contribution in [2.45, 2.75) is 18.6 Å². The van der Waals surface area contributed by atoms with Gasteiger partial charge in [-0.25, -0.2) is 0 Å². The Morgan fingerprint density at radius 2 is 1.75 bits per heavy atom. The third-order valence-electron chi connectivity index (χ3n) is 2.27. The summed E-state index contributed by atoms with van der Waals surface area (Å²) in [5.74, 6) is -8.13. The minimum atomic E-state index is -6.03. The van der Waals surface area contributed by atoms with Crippen LogP contribution in [0.2, 0.25) is 0 Å². The summed E-state index contributed by atoms with van der Waals surface area (Å²) in [5.41, 5.74) is -0.688. The molecule has 0 aromatic heterocycles. The van der Waals surface area contributed by atoms with E-state index in [1.54, 1.807) is 0 Å². The standard InChI is InChI=1S/C10H7F5N2O3/c11-9(12,10(13,14)15)8(18)16-5-6-3-1-2-4-7(6)17(19)20/h1-4H,5H2,(H,16,18). The highest BCUT2D eigenvalue weighted by molar-refractivity contribution is 5.84. The molecule has 1 rings (SSSR count). The summed E-state index contributed by atoms with van der Waals surface area (Å²) >= 11 is 0. The van der Waals surface area contributed by atoms with Gasteiger partial charge in [-0.1, -0.05) is 18.2 Å². The van der Waals surface area contributed by atoms with Crippen molar-refractivity contribution < 1.29 is 31.7 Å². The molecule has 110 valence electrons. The second kappa shape index (κ2) is 5.39. The number of amides is 1. The minimum Gasteiger partial charge on any atom is -0.346 e. The number of hydrogen-bond donors (Lipinski definition) is 1. The molecule has 1 amide bonds. The summed E-state index contributed by atoms with van der Waals surface area (Å²) in [6, 6.07) is 4.76. The normalized spacial score (nSPS) is 12.1. The van der Waals surface area contributed by atoms with Crippen molar-refractivity contribution in [3.63, 3.8) is 0 Å². The monoisotopic (exact) mass is 298 g/mol. The number of carbonyl (C=O) groups is 1. The molecule has 0 aliphatic carbocycles. The van der Waals surface area contributed by atoms with Crippen molar-refractivity contribution >= 4 is 11.6 Å². The lowest BCUT2D eigenvalue weighted by atomic mass is 10.1. The predicted octanol–water partition coefficient (Wildman–Crippen LogP) is 2.41. The number of benzene rings is 1. The van der Waals surface area contributed by atoms with Crippen LogP contribution in [0.5, 0.6) is 0 Å². The van der Waals surface area contributed by atoms with Crippen LogP contribution in [0.1, 0.15) is 5.56 Å². The molecular weight excluding hydrogens is 291 g/mol. The number of nitrogens with zero attached hydrogens (tertiary/aromatic N) is 1. The highest BCUT2D eigenvalue weighted by Gasteiger charge is 2.63. The fourth-order valence-electron chi connectivity index (χ4n) is 1.25. The Kier molecular flexibility index (Phi) is 4.26. The van der Waals surface area contributed by atoms with Crippen LogP contribution >= 0.6 is 0 Å². The van der Waals surface area contributed by atoms with E-state index in [0.29, 0.717) is 0 Å². The molecule has 0 heterocycles. The van der Waals surface area contributed by atoms with Gasteiger partial charge in [-0.3, -0.25) is 14.9 Å². The molecule has 1 aromatic carbocycles. The topological polar surface area (TPSA) is 72.2 Å². The number of nitro groups is 1. The SMILES string of the molecule is O=C(NCc1ccccc1[N+](=O)[O-])C(F)(F)C(F)(F)F. The van der Waals surface area contributed by atoms with Gasteiger partial charge in [0, 0.05) is 18.2 Å². The first-order valence-electron chi connectivity index (χ1n) is 5.02.